The van der Waals surface area contributed by atoms with Crippen molar-refractivity contribution in [1.82, 2.24) is 40.2 Å². The summed E-state index contributed by atoms with van der Waals surface area (Å²) in [6.07, 6.45) is 1.68. The third-order valence-electron chi connectivity index (χ3n) is 4.06. The Morgan fingerprint density at radius 2 is 2.11 bits per heavy atom. The predicted molar refractivity (Wildman–Crippen MR) is 99.3 cm³/mol. The fourth-order valence-corrected chi connectivity index (χ4v) is 2.77. The van der Waals surface area contributed by atoms with E-state index in [9.17, 15) is 4.79 Å². The second kappa shape index (κ2) is 7.02. The fourth-order valence-electron chi connectivity index (χ4n) is 2.77. The van der Waals surface area contributed by atoms with E-state index in [1.54, 1.807) is 10.9 Å². The number of nitrogens with zero attached hydrogens (tertiary/aromatic N) is 7. The Labute approximate surface area is 159 Å². The normalized spacial score (nSPS) is 11.0. The second-order valence-electron chi connectivity index (χ2n) is 5.96. The van der Waals surface area contributed by atoms with Crippen molar-refractivity contribution in [3.63, 3.8) is 0 Å². The second-order valence-corrected chi connectivity index (χ2v) is 5.96. The number of aromatic nitrogens is 7. The van der Waals surface area contributed by atoms with E-state index in [0.717, 1.165) is 11.1 Å². The molecule has 142 valence electrons. The topological polar surface area (TPSA) is 137 Å². The minimum absolute atomic E-state index is 0.0288. The van der Waals surface area contributed by atoms with Crippen LogP contribution in [0, 0.1) is 6.92 Å². The van der Waals surface area contributed by atoms with Gasteiger partial charge in [-0.25, -0.2) is 9.97 Å². The number of aryl methyl sites for hydroxylation is 2. The van der Waals surface area contributed by atoms with Gasteiger partial charge in [0.1, 0.15) is 11.5 Å². The highest BCUT2D eigenvalue weighted by atomic mass is 16.5. The quantitative estimate of drug-likeness (QED) is 0.522. The number of carbonyl (C=O) groups is 1. The molecule has 4 rings (SSSR count). The molecule has 4 aromatic rings. The summed E-state index contributed by atoms with van der Waals surface area (Å²) in [6.45, 7) is 2.07. The van der Waals surface area contributed by atoms with E-state index in [-0.39, 0.29) is 18.3 Å². The molecular formula is C17H17N9O2. The first-order valence-electron chi connectivity index (χ1n) is 8.48. The summed E-state index contributed by atoms with van der Waals surface area (Å²) in [5, 5.41) is 14.5. The molecule has 4 heterocycles. The zero-order chi connectivity index (χ0) is 19.7. The summed E-state index contributed by atoms with van der Waals surface area (Å²) in [6, 6.07) is 5.53. The number of carbonyl (C=O) groups excluding carboxylic acids is 1. The largest absolute Gasteiger partial charge is 0.360 e. The van der Waals surface area contributed by atoms with Gasteiger partial charge in [-0.15, -0.1) is 0 Å². The number of rotatable bonds is 5. The van der Waals surface area contributed by atoms with E-state index in [2.05, 4.69) is 40.8 Å². The van der Waals surface area contributed by atoms with Gasteiger partial charge < -0.3 is 15.2 Å². The van der Waals surface area contributed by atoms with E-state index < -0.39 is 5.91 Å². The van der Waals surface area contributed by atoms with Crippen LogP contribution < -0.4 is 10.6 Å². The summed E-state index contributed by atoms with van der Waals surface area (Å²) in [7, 11) is 3.32. The third-order valence-corrected chi connectivity index (χ3v) is 4.06. The van der Waals surface area contributed by atoms with Gasteiger partial charge >= 0.3 is 0 Å². The smallest absolute Gasteiger partial charge is 0.292 e. The molecule has 0 spiro atoms. The molecule has 0 atom stereocenters. The van der Waals surface area contributed by atoms with E-state index in [1.165, 1.54) is 7.05 Å². The van der Waals surface area contributed by atoms with E-state index in [4.69, 9.17) is 4.52 Å². The number of amides is 1. The minimum Gasteiger partial charge on any atom is -0.360 e. The van der Waals surface area contributed by atoms with Gasteiger partial charge in [-0.05, 0) is 19.1 Å². The highest BCUT2D eigenvalue weighted by Gasteiger charge is 2.18. The summed E-state index contributed by atoms with van der Waals surface area (Å²) in [4.78, 5) is 29.2. The van der Waals surface area contributed by atoms with E-state index in [1.807, 2.05) is 32.2 Å². The van der Waals surface area contributed by atoms with Crippen LogP contribution in [-0.4, -0.2) is 47.8 Å². The van der Waals surface area contributed by atoms with Crippen molar-refractivity contribution in [2.75, 3.05) is 12.4 Å². The van der Waals surface area contributed by atoms with Crippen molar-refractivity contribution in [2.45, 2.75) is 13.5 Å². The van der Waals surface area contributed by atoms with Crippen molar-refractivity contribution < 1.29 is 9.32 Å². The molecule has 1 amide bonds. The average Bonchev–Trinajstić information content (AvgIpc) is 3.31. The molecule has 0 aliphatic rings. The summed E-state index contributed by atoms with van der Waals surface area (Å²) < 4.78 is 6.81. The fraction of sp³-hybridized carbons (Fsp3) is 0.235. The molecule has 0 saturated heterocycles. The first kappa shape index (κ1) is 17.5. The van der Waals surface area contributed by atoms with Crippen LogP contribution in [-0.2, 0) is 13.6 Å². The number of hydrogen-bond donors (Lipinski definition) is 2. The third kappa shape index (κ3) is 3.13. The molecule has 4 aromatic heterocycles. The number of hydrogen-bond acceptors (Lipinski definition) is 9. The summed E-state index contributed by atoms with van der Waals surface area (Å²) >= 11 is 0. The number of nitrogens with one attached hydrogen (secondary N) is 2. The molecule has 0 bridgehead atoms. The van der Waals surface area contributed by atoms with E-state index >= 15 is 0 Å². The van der Waals surface area contributed by atoms with Crippen LogP contribution in [0.2, 0.25) is 0 Å². The Balaban J connectivity index is 1.71. The molecule has 2 N–H and O–H groups in total. The maximum absolute atomic E-state index is 11.6. The molecule has 0 unspecified atom stereocenters. The van der Waals surface area contributed by atoms with Crippen LogP contribution in [0.1, 0.15) is 22.2 Å². The molecule has 0 aliphatic carbocycles. The minimum atomic E-state index is -0.417. The van der Waals surface area contributed by atoms with Crippen molar-refractivity contribution in [3.05, 3.63) is 41.8 Å². The zero-order valence-electron chi connectivity index (χ0n) is 15.5. The van der Waals surface area contributed by atoms with Crippen LogP contribution in [0.15, 0.2) is 28.9 Å². The number of fused-ring (bicyclic) bond motifs is 1. The van der Waals surface area contributed by atoms with Crippen LogP contribution in [0.25, 0.3) is 22.6 Å². The van der Waals surface area contributed by atoms with Gasteiger partial charge in [-0.2, -0.15) is 10.1 Å². The highest BCUT2D eigenvalue weighted by molar-refractivity contribution is 5.91. The summed E-state index contributed by atoms with van der Waals surface area (Å²) in [5.74, 6) is 0.844. The standard InChI is InChI=1S/C17H17N9O2/c1-9-12-14(20-8-11-21-15(25-28-11)17(27)18-2)22-13(10-6-4-5-7-19-10)23-16(12)26(3)24-9/h4-7H,8H2,1-3H3,(H,18,27)(H,20,22,23). The molecule has 28 heavy (non-hydrogen) atoms. The molecule has 11 nitrogen and oxygen atoms in total. The SMILES string of the molecule is CNC(=O)c1noc(CNc2nc(-c3ccccn3)nc3c2c(C)nn3C)n1. The van der Waals surface area contributed by atoms with Gasteiger partial charge in [0.2, 0.25) is 5.89 Å². The lowest BCUT2D eigenvalue weighted by molar-refractivity contribution is 0.0950. The van der Waals surface area contributed by atoms with Gasteiger partial charge in [0, 0.05) is 20.3 Å². The first-order valence-corrected chi connectivity index (χ1v) is 8.48. The van der Waals surface area contributed by atoms with Gasteiger partial charge in [0.25, 0.3) is 11.7 Å². The molecule has 0 fully saturated rings. The molecule has 11 heteroatoms. The number of pyridine rings is 1. The van der Waals surface area contributed by atoms with Crippen molar-refractivity contribution in [3.8, 4) is 11.5 Å². The van der Waals surface area contributed by atoms with Crippen molar-refractivity contribution >= 4 is 22.8 Å². The van der Waals surface area contributed by atoms with Crippen molar-refractivity contribution in [1.29, 1.82) is 0 Å². The van der Waals surface area contributed by atoms with Gasteiger partial charge in [0.15, 0.2) is 11.5 Å². The Hall–Kier alpha value is -3.89. The van der Waals surface area contributed by atoms with Gasteiger partial charge in [0.05, 0.1) is 17.6 Å². The zero-order valence-corrected chi connectivity index (χ0v) is 15.5. The molecule has 0 aliphatic heterocycles. The summed E-state index contributed by atoms with van der Waals surface area (Å²) in [5.41, 5.74) is 2.10. The predicted octanol–water partition coefficient (Wildman–Crippen LogP) is 1.09. The molecule has 0 aromatic carbocycles. The van der Waals surface area contributed by atoms with Crippen LogP contribution in [0.3, 0.4) is 0 Å². The van der Waals surface area contributed by atoms with E-state index in [0.29, 0.717) is 23.0 Å². The molecule has 0 saturated carbocycles. The van der Waals surface area contributed by atoms with Crippen LogP contribution >= 0.6 is 0 Å². The van der Waals surface area contributed by atoms with Gasteiger partial charge in [-0.3, -0.25) is 14.5 Å². The first-order chi connectivity index (χ1) is 13.6. The molecular weight excluding hydrogens is 362 g/mol. The van der Waals surface area contributed by atoms with Crippen LogP contribution in [0.4, 0.5) is 5.82 Å². The highest BCUT2D eigenvalue weighted by Crippen LogP contribution is 2.26. The maximum Gasteiger partial charge on any atom is 0.292 e. The number of anilines is 1. The average molecular weight is 379 g/mol. The lowest BCUT2D eigenvalue weighted by Crippen LogP contribution is -2.19. The van der Waals surface area contributed by atoms with Crippen molar-refractivity contribution in [2.24, 2.45) is 7.05 Å². The Kier molecular flexibility index (Phi) is 4.39. The lowest BCUT2D eigenvalue weighted by Gasteiger charge is -2.07. The molecule has 0 radical (unpaired) electrons. The maximum atomic E-state index is 11.6. The monoisotopic (exact) mass is 379 g/mol. The van der Waals surface area contributed by atoms with Gasteiger partial charge in [-0.1, -0.05) is 11.2 Å². The lowest BCUT2D eigenvalue weighted by atomic mass is 10.2. The van der Waals surface area contributed by atoms with Crippen LogP contribution in [0.5, 0.6) is 0 Å². The Morgan fingerprint density at radius 1 is 1.25 bits per heavy atom. The Morgan fingerprint density at radius 3 is 2.86 bits per heavy atom. The Bertz CT molecular complexity index is 1150.